The molecule has 152 valence electrons. The summed E-state index contributed by atoms with van der Waals surface area (Å²) in [5.74, 6) is 1.85. The number of nitrogens with one attached hydrogen (secondary N) is 1. The third-order valence-electron chi connectivity index (χ3n) is 4.22. The molecule has 1 heterocycles. The third kappa shape index (κ3) is 4.53. The van der Waals surface area contributed by atoms with Crippen molar-refractivity contribution in [1.29, 1.82) is 0 Å². The van der Waals surface area contributed by atoms with Crippen LogP contribution in [0.15, 0.2) is 54.7 Å². The molecule has 0 saturated heterocycles. The van der Waals surface area contributed by atoms with E-state index in [1.807, 2.05) is 0 Å². The normalized spacial score (nSPS) is 11.1. The summed E-state index contributed by atoms with van der Waals surface area (Å²) in [6, 6.07) is 12.0. The van der Waals surface area contributed by atoms with Gasteiger partial charge in [0.15, 0.2) is 11.5 Å². The predicted octanol–water partition coefficient (Wildman–Crippen LogP) is 5.54. The summed E-state index contributed by atoms with van der Waals surface area (Å²) in [5, 5.41) is 2.91. The number of anilines is 2. The predicted molar refractivity (Wildman–Crippen MR) is 104 cm³/mol. The molecule has 0 spiro atoms. The van der Waals surface area contributed by atoms with Gasteiger partial charge in [-0.25, -0.2) is 4.98 Å². The SMILES string of the molecule is COc1cc(-c2ccnc(Nc3cccc(C(F)(F)F)c3)c2)cc(OC)c1OC. The van der Waals surface area contributed by atoms with Gasteiger partial charge in [0.2, 0.25) is 5.75 Å². The molecule has 1 N–H and O–H groups in total. The van der Waals surface area contributed by atoms with E-state index in [0.717, 1.165) is 23.3 Å². The van der Waals surface area contributed by atoms with Crippen LogP contribution < -0.4 is 19.5 Å². The van der Waals surface area contributed by atoms with Gasteiger partial charge in [0.1, 0.15) is 5.82 Å². The van der Waals surface area contributed by atoms with Gasteiger partial charge in [-0.15, -0.1) is 0 Å². The van der Waals surface area contributed by atoms with Crippen molar-refractivity contribution in [2.45, 2.75) is 6.18 Å². The largest absolute Gasteiger partial charge is 0.493 e. The van der Waals surface area contributed by atoms with Gasteiger partial charge in [0.05, 0.1) is 26.9 Å². The molecular formula is C21H19F3N2O3. The minimum Gasteiger partial charge on any atom is -0.493 e. The molecule has 8 heteroatoms. The number of nitrogens with zero attached hydrogens (tertiary/aromatic N) is 1. The summed E-state index contributed by atoms with van der Waals surface area (Å²) in [6.45, 7) is 0. The van der Waals surface area contributed by atoms with Gasteiger partial charge in [0, 0.05) is 11.9 Å². The molecule has 1 aromatic heterocycles. The lowest BCUT2D eigenvalue weighted by molar-refractivity contribution is -0.137. The molecule has 29 heavy (non-hydrogen) atoms. The molecule has 0 saturated carbocycles. The Morgan fingerprint density at radius 2 is 1.52 bits per heavy atom. The topological polar surface area (TPSA) is 52.6 Å². The number of alkyl halides is 3. The molecule has 3 rings (SSSR count). The number of aromatic nitrogens is 1. The van der Waals surface area contributed by atoms with Crippen molar-refractivity contribution in [2.75, 3.05) is 26.6 Å². The second kappa shape index (κ2) is 8.30. The molecule has 0 radical (unpaired) electrons. The average molecular weight is 404 g/mol. The second-order valence-electron chi connectivity index (χ2n) is 6.05. The number of halogens is 3. The molecule has 0 fully saturated rings. The molecule has 0 atom stereocenters. The third-order valence-corrected chi connectivity index (χ3v) is 4.22. The molecule has 2 aromatic carbocycles. The average Bonchev–Trinajstić information content (AvgIpc) is 2.72. The summed E-state index contributed by atoms with van der Waals surface area (Å²) < 4.78 is 54.8. The minimum atomic E-state index is -4.41. The standard InChI is InChI=1S/C21H19F3N2O3/c1-27-17-9-14(10-18(28-2)20(17)29-3)13-7-8-25-19(11-13)26-16-6-4-5-15(12-16)21(22,23)24/h4-12H,1-3H3,(H,25,26). The smallest absolute Gasteiger partial charge is 0.416 e. The van der Waals surface area contributed by atoms with Crippen LogP contribution in [0.5, 0.6) is 17.2 Å². The maximum absolute atomic E-state index is 12.9. The molecule has 0 bridgehead atoms. The number of hydrogen-bond acceptors (Lipinski definition) is 5. The van der Waals surface area contributed by atoms with E-state index < -0.39 is 11.7 Å². The first-order valence-electron chi connectivity index (χ1n) is 8.56. The van der Waals surface area contributed by atoms with Crippen LogP contribution in [-0.4, -0.2) is 26.3 Å². The Bertz CT molecular complexity index is 981. The zero-order chi connectivity index (χ0) is 21.0. The van der Waals surface area contributed by atoms with Crippen molar-refractivity contribution >= 4 is 11.5 Å². The summed E-state index contributed by atoms with van der Waals surface area (Å²) >= 11 is 0. The van der Waals surface area contributed by atoms with Gasteiger partial charge in [-0.2, -0.15) is 13.2 Å². The van der Waals surface area contributed by atoms with Crippen molar-refractivity contribution in [1.82, 2.24) is 4.98 Å². The van der Waals surface area contributed by atoms with E-state index in [0.29, 0.717) is 23.1 Å². The van der Waals surface area contributed by atoms with E-state index in [2.05, 4.69) is 10.3 Å². The number of methoxy groups -OCH3 is 3. The van der Waals surface area contributed by atoms with Crippen molar-refractivity contribution in [3.05, 3.63) is 60.3 Å². The number of hydrogen-bond donors (Lipinski definition) is 1. The molecule has 0 amide bonds. The fourth-order valence-electron chi connectivity index (χ4n) is 2.85. The van der Waals surface area contributed by atoms with Crippen molar-refractivity contribution in [2.24, 2.45) is 0 Å². The summed E-state index contributed by atoms with van der Waals surface area (Å²) in [6.07, 6.45) is -2.85. The molecule has 0 unspecified atom stereocenters. The maximum atomic E-state index is 12.9. The summed E-state index contributed by atoms with van der Waals surface area (Å²) in [4.78, 5) is 4.19. The first-order valence-corrected chi connectivity index (χ1v) is 8.56. The van der Waals surface area contributed by atoms with Crippen molar-refractivity contribution < 1.29 is 27.4 Å². The van der Waals surface area contributed by atoms with E-state index in [1.165, 1.54) is 27.4 Å². The number of benzene rings is 2. The number of pyridine rings is 1. The molecule has 0 aliphatic carbocycles. The van der Waals surface area contributed by atoms with E-state index in [1.54, 1.807) is 36.5 Å². The van der Waals surface area contributed by atoms with Crippen LogP contribution >= 0.6 is 0 Å². The Hall–Kier alpha value is -3.42. The van der Waals surface area contributed by atoms with Crippen molar-refractivity contribution in [3.8, 4) is 28.4 Å². The monoisotopic (exact) mass is 404 g/mol. The highest BCUT2D eigenvalue weighted by Gasteiger charge is 2.30. The highest BCUT2D eigenvalue weighted by atomic mass is 19.4. The van der Waals surface area contributed by atoms with Gasteiger partial charge >= 0.3 is 6.18 Å². The summed E-state index contributed by atoms with van der Waals surface area (Å²) in [7, 11) is 4.56. The zero-order valence-electron chi connectivity index (χ0n) is 16.0. The van der Waals surface area contributed by atoms with E-state index in [4.69, 9.17) is 14.2 Å². The first kappa shape index (κ1) is 20.3. The fourth-order valence-corrected chi connectivity index (χ4v) is 2.85. The van der Waals surface area contributed by atoms with Gasteiger partial charge < -0.3 is 19.5 Å². The zero-order valence-corrected chi connectivity index (χ0v) is 16.0. The van der Waals surface area contributed by atoms with Crippen LogP contribution in [0.2, 0.25) is 0 Å². The van der Waals surface area contributed by atoms with Crippen LogP contribution in [0.4, 0.5) is 24.7 Å². The number of ether oxygens (including phenoxy) is 3. The molecular weight excluding hydrogens is 385 g/mol. The van der Waals surface area contributed by atoms with Crippen molar-refractivity contribution in [3.63, 3.8) is 0 Å². The quantitative estimate of drug-likeness (QED) is 0.585. The van der Waals surface area contributed by atoms with Gasteiger partial charge in [-0.05, 0) is 53.6 Å². The lowest BCUT2D eigenvalue weighted by atomic mass is 10.1. The fraction of sp³-hybridized carbons (Fsp3) is 0.190. The molecule has 0 aliphatic rings. The maximum Gasteiger partial charge on any atom is 0.416 e. The Labute approximate surface area is 166 Å². The van der Waals surface area contributed by atoms with Crippen LogP contribution in [0.3, 0.4) is 0 Å². The van der Waals surface area contributed by atoms with Crippen LogP contribution in [0.1, 0.15) is 5.56 Å². The lowest BCUT2D eigenvalue weighted by Crippen LogP contribution is -2.05. The first-order chi connectivity index (χ1) is 13.9. The lowest BCUT2D eigenvalue weighted by Gasteiger charge is -2.15. The second-order valence-corrected chi connectivity index (χ2v) is 6.05. The van der Waals surface area contributed by atoms with Crippen LogP contribution in [0.25, 0.3) is 11.1 Å². The Balaban J connectivity index is 1.95. The van der Waals surface area contributed by atoms with E-state index in [-0.39, 0.29) is 5.69 Å². The van der Waals surface area contributed by atoms with Gasteiger partial charge in [0.25, 0.3) is 0 Å². The highest BCUT2D eigenvalue weighted by Crippen LogP contribution is 2.41. The number of rotatable bonds is 6. The Morgan fingerprint density at radius 3 is 2.10 bits per heavy atom. The summed E-state index contributed by atoms with van der Waals surface area (Å²) in [5.41, 5.74) is 1.10. The van der Waals surface area contributed by atoms with Crippen LogP contribution in [-0.2, 0) is 6.18 Å². The Kier molecular flexibility index (Phi) is 5.81. The van der Waals surface area contributed by atoms with Crippen LogP contribution in [0, 0.1) is 0 Å². The molecule has 3 aromatic rings. The van der Waals surface area contributed by atoms with Gasteiger partial charge in [-0.1, -0.05) is 6.07 Å². The minimum absolute atomic E-state index is 0.286. The Morgan fingerprint density at radius 1 is 0.828 bits per heavy atom. The highest BCUT2D eigenvalue weighted by molar-refractivity contribution is 5.73. The molecule has 0 aliphatic heterocycles. The molecule has 5 nitrogen and oxygen atoms in total. The van der Waals surface area contributed by atoms with E-state index >= 15 is 0 Å². The van der Waals surface area contributed by atoms with E-state index in [9.17, 15) is 13.2 Å². The van der Waals surface area contributed by atoms with Gasteiger partial charge in [-0.3, -0.25) is 0 Å².